The molecule has 11 rings (SSSR count). The average molecular weight is 709 g/mol. The fourth-order valence-electron chi connectivity index (χ4n) is 9.48. The molecule has 0 aliphatic heterocycles. The van der Waals surface area contributed by atoms with Crippen molar-refractivity contribution in [2.45, 2.75) is 46.0 Å². The fraction of sp³-hybridized carbons (Fsp3) is 0.132. The van der Waals surface area contributed by atoms with Crippen LogP contribution in [0.25, 0.3) is 66.2 Å². The Morgan fingerprint density at radius 2 is 1.15 bits per heavy atom. The number of benzene rings is 8. The van der Waals surface area contributed by atoms with E-state index in [0.717, 1.165) is 18.5 Å². The molecule has 0 saturated heterocycles. The van der Waals surface area contributed by atoms with Gasteiger partial charge in [0.2, 0.25) is 0 Å². The number of fused-ring (bicyclic) bond motifs is 12. The van der Waals surface area contributed by atoms with Crippen LogP contribution in [0.3, 0.4) is 0 Å². The minimum absolute atomic E-state index is 0.0980. The molecule has 0 N–H and O–H groups in total. The van der Waals surface area contributed by atoms with Gasteiger partial charge in [-0.2, -0.15) is 0 Å². The topological polar surface area (TPSA) is 8.17 Å². The zero-order chi connectivity index (χ0) is 37.3. The molecule has 9 aromatic rings. The summed E-state index contributed by atoms with van der Waals surface area (Å²) in [6.45, 7) is 8.74. The summed E-state index contributed by atoms with van der Waals surface area (Å²) in [7, 11) is 0. The first-order chi connectivity index (χ1) is 27.1. The second kappa shape index (κ2) is 12.9. The van der Waals surface area contributed by atoms with Crippen molar-refractivity contribution >= 4 is 66.5 Å². The van der Waals surface area contributed by atoms with E-state index >= 15 is 0 Å². The molecule has 1 aromatic heterocycles. The molecule has 2 heteroatoms. The highest BCUT2D eigenvalue weighted by Crippen LogP contribution is 2.51. The highest BCUT2D eigenvalue weighted by Gasteiger charge is 2.36. The highest BCUT2D eigenvalue weighted by molar-refractivity contribution is 6.32. The quantitative estimate of drug-likeness (QED) is 0.165. The molecule has 2 nitrogen and oxygen atoms in total. The third-order valence-electron chi connectivity index (χ3n) is 12.0. The predicted molar refractivity (Wildman–Crippen MR) is 237 cm³/mol. The van der Waals surface area contributed by atoms with Crippen LogP contribution in [-0.4, -0.2) is 4.57 Å². The van der Waals surface area contributed by atoms with Crippen LogP contribution < -0.4 is 4.90 Å². The van der Waals surface area contributed by atoms with Gasteiger partial charge in [-0.15, -0.1) is 0 Å². The summed E-state index contributed by atoms with van der Waals surface area (Å²) >= 11 is 0. The average Bonchev–Trinajstić information content (AvgIpc) is 3.71. The highest BCUT2D eigenvalue weighted by atomic mass is 15.1. The van der Waals surface area contributed by atoms with Gasteiger partial charge in [-0.3, -0.25) is 0 Å². The molecule has 55 heavy (non-hydrogen) atoms. The van der Waals surface area contributed by atoms with Crippen molar-refractivity contribution in [3.05, 3.63) is 186 Å². The van der Waals surface area contributed by atoms with Crippen molar-refractivity contribution in [1.82, 2.24) is 4.57 Å². The molecule has 266 valence electrons. The van der Waals surface area contributed by atoms with Crippen molar-refractivity contribution in [2.75, 3.05) is 4.90 Å². The normalized spacial score (nSPS) is 13.7. The Bertz CT molecular complexity index is 2980. The van der Waals surface area contributed by atoms with E-state index in [9.17, 15) is 0 Å². The van der Waals surface area contributed by atoms with Crippen molar-refractivity contribution in [3.63, 3.8) is 0 Å². The lowest BCUT2D eigenvalue weighted by Crippen LogP contribution is -2.16. The molecule has 2 aliphatic carbocycles. The van der Waals surface area contributed by atoms with Crippen molar-refractivity contribution in [1.29, 1.82) is 0 Å². The van der Waals surface area contributed by atoms with Gasteiger partial charge in [0, 0.05) is 44.3 Å². The van der Waals surface area contributed by atoms with Crippen molar-refractivity contribution in [2.24, 2.45) is 0 Å². The number of aromatic nitrogens is 1. The smallest absolute Gasteiger partial charge is 0.0625 e. The molecule has 8 aromatic carbocycles. The Labute approximate surface area is 323 Å². The van der Waals surface area contributed by atoms with Crippen molar-refractivity contribution in [3.8, 4) is 16.8 Å². The molecule has 0 radical (unpaired) electrons. The molecule has 0 saturated carbocycles. The van der Waals surface area contributed by atoms with E-state index in [1.165, 1.54) is 93.8 Å². The number of hydrogen-bond acceptors (Lipinski definition) is 1. The van der Waals surface area contributed by atoms with Gasteiger partial charge in [-0.05, 0) is 117 Å². The lowest BCUT2D eigenvalue weighted by molar-refractivity contribution is 0.660. The van der Waals surface area contributed by atoms with Gasteiger partial charge in [0.25, 0.3) is 0 Å². The van der Waals surface area contributed by atoms with Crippen LogP contribution in [0.2, 0.25) is 0 Å². The van der Waals surface area contributed by atoms with Crippen LogP contribution in [0, 0.1) is 0 Å². The first kappa shape index (κ1) is 33.2. The second-order valence-electron chi connectivity index (χ2n) is 15.2. The maximum absolute atomic E-state index is 2.48. The van der Waals surface area contributed by atoms with Crippen LogP contribution in [0.5, 0.6) is 0 Å². The molecule has 0 unspecified atom stereocenters. The Hall–Kier alpha value is -6.38. The van der Waals surface area contributed by atoms with Gasteiger partial charge in [-0.1, -0.05) is 143 Å². The van der Waals surface area contributed by atoms with Gasteiger partial charge < -0.3 is 9.47 Å². The Kier molecular flexibility index (Phi) is 7.78. The SMILES string of the molecule is CC.CC1(C)c2ccccc2-c2ccc(N(c3ccc4c(c3)C=CCC4)c3ccc4c(c3)c3c5ccccc5c5ccccc5c3n4-c3ccccc3)cc21. The summed E-state index contributed by atoms with van der Waals surface area (Å²) in [6.07, 6.45) is 6.80. The maximum Gasteiger partial charge on any atom is 0.0625 e. The molecule has 0 fully saturated rings. The number of nitrogens with zero attached hydrogens (tertiary/aromatic N) is 2. The standard InChI is InChI=1S/C51H38N2.C2H6/c1-51(2)46-23-13-12-20-41(46)42-28-26-38(32-47(42)51)52(36-25-24-33-14-6-7-15-34(33)30-36)37-27-29-48-45(31-37)49-43-21-10-8-18-39(43)40-19-9-11-22-44(40)50(49)53(48)35-16-4-3-5-17-35;1-2/h3-5,7-13,15-32H,6,14H2,1-2H3;1-2H3. The molecule has 2 aliphatic rings. The van der Waals surface area contributed by atoms with E-state index in [2.05, 4.69) is 193 Å². The summed E-state index contributed by atoms with van der Waals surface area (Å²) in [5, 5.41) is 7.65. The molecule has 0 amide bonds. The molecule has 1 heterocycles. The zero-order valence-electron chi connectivity index (χ0n) is 32.0. The lowest BCUT2D eigenvalue weighted by atomic mass is 9.82. The van der Waals surface area contributed by atoms with Gasteiger partial charge in [0.15, 0.2) is 0 Å². The van der Waals surface area contributed by atoms with E-state index in [1.54, 1.807) is 0 Å². The van der Waals surface area contributed by atoms with Gasteiger partial charge in [0.05, 0.1) is 11.0 Å². The van der Waals surface area contributed by atoms with Gasteiger partial charge in [-0.25, -0.2) is 0 Å². The predicted octanol–water partition coefficient (Wildman–Crippen LogP) is 14.9. The number of aryl methyl sites for hydroxylation is 1. The molecule has 0 bridgehead atoms. The molecular formula is C53H44N2. The maximum atomic E-state index is 2.48. The van der Waals surface area contributed by atoms with Gasteiger partial charge >= 0.3 is 0 Å². The number of allylic oxidation sites excluding steroid dienone is 1. The monoisotopic (exact) mass is 708 g/mol. The Morgan fingerprint density at radius 3 is 1.96 bits per heavy atom. The summed E-state index contributed by atoms with van der Waals surface area (Å²) in [5.41, 5.74) is 15.2. The zero-order valence-corrected chi connectivity index (χ0v) is 32.0. The summed E-state index contributed by atoms with van der Waals surface area (Å²) < 4.78 is 2.48. The second-order valence-corrected chi connectivity index (χ2v) is 15.2. The van der Waals surface area contributed by atoms with Crippen molar-refractivity contribution < 1.29 is 0 Å². The van der Waals surface area contributed by atoms with E-state index in [-0.39, 0.29) is 5.41 Å². The summed E-state index contributed by atoms with van der Waals surface area (Å²) in [4.78, 5) is 2.48. The molecule has 0 spiro atoms. The Morgan fingerprint density at radius 1 is 0.527 bits per heavy atom. The number of hydrogen-bond donors (Lipinski definition) is 0. The fourth-order valence-corrected chi connectivity index (χ4v) is 9.48. The summed E-state index contributed by atoms with van der Waals surface area (Å²) in [5.74, 6) is 0. The van der Waals surface area contributed by atoms with Crippen LogP contribution in [0.1, 0.15) is 56.4 Å². The number of para-hydroxylation sites is 1. The van der Waals surface area contributed by atoms with Gasteiger partial charge in [0.1, 0.15) is 0 Å². The lowest BCUT2D eigenvalue weighted by Gasteiger charge is -2.29. The third kappa shape index (κ3) is 5.01. The molecule has 0 atom stereocenters. The third-order valence-corrected chi connectivity index (χ3v) is 12.0. The van der Waals surface area contributed by atoms with E-state index in [0.29, 0.717) is 0 Å². The minimum atomic E-state index is -0.0980. The van der Waals surface area contributed by atoms with Crippen LogP contribution in [-0.2, 0) is 11.8 Å². The van der Waals surface area contributed by atoms with Crippen LogP contribution in [0.15, 0.2) is 164 Å². The van der Waals surface area contributed by atoms with E-state index in [1.807, 2.05) is 13.8 Å². The first-order valence-corrected chi connectivity index (χ1v) is 19.8. The van der Waals surface area contributed by atoms with E-state index in [4.69, 9.17) is 0 Å². The first-order valence-electron chi connectivity index (χ1n) is 19.8. The van der Waals surface area contributed by atoms with E-state index < -0.39 is 0 Å². The Balaban J connectivity index is 0.00000183. The molecular weight excluding hydrogens is 665 g/mol. The minimum Gasteiger partial charge on any atom is -0.310 e. The number of anilines is 3. The van der Waals surface area contributed by atoms with Crippen LogP contribution in [0.4, 0.5) is 17.1 Å². The van der Waals surface area contributed by atoms with Crippen LogP contribution >= 0.6 is 0 Å². The largest absolute Gasteiger partial charge is 0.310 e. The number of rotatable bonds is 4. The summed E-state index contributed by atoms with van der Waals surface area (Å²) in [6, 6.07) is 58.9.